The highest BCUT2D eigenvalue weighted by Gasteiger charge is 2.50. The summed E-state index contributed by atoms with van der Waals surface area (Å²) in [6.45, 7) is 4.25. The van der Waals surface area contributed by atoms with Crippen molar-refractivity contribution in [1.29, 1.82) is 0 Å². The van der Waals surface area contributed by atoms with Crippen molar-refractivity contribution in [1.82, 2.24) is 9.80 Å². The van der Waals surface area contributed by atoms with E-state index in [0.29, 0.717) is 0 Å². The van der Waals surface area contributed by atoms with E-state index in [1.165, 1.54) is 64.6 Å². The lowest BCUT2D eigenvalue weighted by Gasteiger charge is -2.44. The summed E-state index contributed by atoms with van der Waals surface area (Å²) in [4.78, 5) is 5.77. The highest BCUT2D eigenvalue weighted by Crippen LogP contribution is 2.44. The maximum atomic E-state index is 2.92. The molecule has 0 aromatic rings. The molecule has 2 heteroatoms. The Balaban J connectivity index is 1.62. The van der Waals surface area contributed by atoms with E-state index in [4.69, 9.17) is 0 Å². The SMILES string of the molecule is C1CCN2C[C@@H]3C[C@H]([C@@H]2C1)N1CCCC[C@@H]31. The smallest absolute Gasteiger partial charge is 0.0258 e. The van der Waals surface area contributed by atoms with Gasteiger partial charge in [0.25, 0.3) is 0 Å². The summed E-state index contributed by atoms with van der Waals surface area (Å²) in [7, 11) is 0. The molecule has 0 unspecified atom stereocenters. The summed E-state index contributed by atoms with van der Waals surface area (Å²) in [6.07, 6.45) is 10.4. The van der Waals surface area contributed by atoms with Crippen LogP contribution in [0.15, 0.2) is 0 Å². The minimum atomic E-state index is 0.938. The minimum absolute atomic E-state index is 0.938. The molecule has 0 spiro atoms. The van der Waals surface area contributed by atoms with Gasteiger partial charge in [-0.1, -0.05) is 12.8 Å². The van der Waals surface area contributed by atoms with Crippen molar-refractivity contribution in [2.75, 3.05) is 19.6 Å². The van der Waals surface area contributed by atoms with Crippen molar-refractivity contribution in [3.05, 3.63) is 0 Å². The topological polar surface area (TPSA) is 6.48 Å². The molecule has 0 aromatic heterocycles. The van der Waals surface area contributed by atoms with Crippen molar-refractivity contribution < 1.29 is 0 Å². The van der Waals surface area contributed by atoms with Crippen LogP contribution in [0.4, 0.5) is 0 Å². The van der Waals surface area contributed by atoms with Crippen molar-refractivity contribution in [3.63, 3.8) is 0 Å². The van der Waals surface area contributed by atoms with Crippen LogP contribution in [0.25, 0.3) is 0 Å². The van der Waals surface area contributed by atoms with E-state index < -0.39 is 0 Å². The van der Waals surface area contributed by atoms with Crippen LogP contribution in [0.5, 0.6) is 0 Å². The largest absolute Gasteiger partial charge is 0.298 e. The molecule has 90 valence electrons. The molecule has 4 aliphatic rings. The van der Waals surface area contributed by atoms with Gasteiger partial charge in [0.15, 0.2) is 0 Å². The lowest BCUT2D eigenvalue weighted by Crippen LogP contribution is -2.53. The van der Waals surface area contributed by atoms with Gasteiger partial charge >= 0.3 is 0 Å². The van der Waals surface area contributed by atoms with Crippen LogP contribution in [0.1, 0.15) is 44.9 Å². The van der Waals surface area contributed by atoms with Crippen LogP contribution in [0.3, 0.4) is 0 Å². The summed E-state index contributed by atoms with van der Waals surface area (Å²) < 4.78 is 0. The molecule has 0 radical (unpaired) electrons. The summed E-state index contributed by atoms with van der Waals surface area (Å²) in [5.41, 5.74) is 0. The first-order valence-electron chi connectivity index (χ1n) is 7.43. The van der Waals surface area contributed by atoms with Crippen LogP contribution in [-0.4, -0.2) is 47.6 Å². The average Bonchev–Trinajstić information content (AvgIpc) is 2.65. The fourth-order valence-corrected chi connectivity index (χ4v) is 5.06. The molecule has 0 N–H and O–H groups in total. The zero-order valence-corrected chi connectivity index (χ0v) is 10.3. The number of hydrogen-bond donors (Lipinski definition) is 0. The van der Waals surface area contributed by atoms with Crippen LogP contribution >= 0.6 is 0 Å². The number of nitrogens with zero attached hydrogens (tertiary/aromatic N) is 2. The Morgan fingerprint density at radius 1 is 0.750 bits per heavy atom. The van der Waals surface area contributed by atoms with Gasteiger partial charge in [-0.25, -0.2) is 0 Å². The average molecular weight is 220 g/mol. The highest BCUT2D eigenvalue weighted by atomic mass is 15.3. The Labute approximate surface area is 99.0 Å². The van der Waals surface area contributed by atoms with E-state index in [-0.39, 0.29) is 0 Å². The molecular formula is C14H24N2. The Bertz CT molecular complexity index is 272. The van der Waals surface area contributed by atoms with Crippen LogP contribution in [0.2, 0.25) is 0 Å². The molecule has 4 heterocycles. The Morgan fingerprint density at radius 2 is 1.56 bits per heavy atom. The van der Waals surface area contributed by atoms with E-state index in [9.17, 15) is 0 Å². The quantitative estimate of drug-likeness (QED) is 0.617. The normalized spacial score (nSPS) is 48.8. The van der Waals surface area contributed by atoms with Gasteiger partial charge in [-0.15, -0.1) is 0 Å². The number of hydrogen-bond acceptors (Lipinski definition) is 2. The summed E-state index contributed by atoms with van der Waals surface area (Å²) in [5.74, 6) is 1.03. The third-order valence-corrected chi connectivity index (χ3v) is 5.68. The standard InChI is InChI=1S/C14H24N2/c1-3-7-15-10-11-9-14(13(15)6-1)16-8-4-2-5-12(11)16/h11-14H,1-10H2/t11-,12-,13-,14+/m0/s1. The summed E-state index contributed by atoms with van der Waals surface area (Å²) in [6, 6.07) is 2.86. The predicted molar refractivity (Wildman–Crippen MR) is 65.5 cm³/mol. The van der Waals surface area contributed by atoms with Crippen molar-refractivity contribution in [3.8, 4) is 0 Å². The van der Waals surface area contributed by atoms with E-state index in [1.807, 2.05) is 0 Å². The molecule has 0 saturated carbocycles. The molecule has 2 nitrogen and oxygen atoms in total. The lowest BCUT2D eigenvalue weighted by molar-refractivity contribution is 0.0531. The summed E-state index contributed by atoms with van der Waals surface area (Å²) >= 11 is 0. The fraction of sp³-hybridized carbons (Fsp3) is 1.00. The van der Waals surface area contributed by atoms with E-state index in [0.717, 1.165) is 24.0 Å². The maximum Gasteiger partial charge on any atom is 0.0258 e. The summed E-state index contributed by atoms with van der Waals surface area (Å²) in [5, 5.41) is 0. The molecule has 2 bridgehead atoms. The van der Waals surface area contributed by atoms with Gasteiger partial charge in [0.05, 0.1) is 0 Å². The van der Waals surface area contributed by atoms with Crippen molar-refractivity contribution in [2.24, 2.45) is 5.92 Å². The predicted octanol–water partition coefficient (Wildman–Crippen LogP) is 2.10. The molecular weight excluding hydrogens is 196 g/mol. The first-order chi connectivity index (χ1) is 7.93. The van der Waals surface area contributed by atoms with Crippen molar-refractivity contribution in [2.45, 2.75) is 63.1 Å². The molecule has 4 saturated heterocycles. The van der Waals surface area contributed by atoms with Crippen LogP contribution < -0.4 is 0 Å². The number of rotatable bonds is 0. The van der Waals surface area contributed by atoms with Gasteiger partial charge in [0.1, 0.15) is 0 Å². The first kappa shape index (κ1) is 9.90. The van der Waals surface area contributed by atoms with E-state index >= 15 is 0 Å². The second-order valence-corrected chi connectivity index (χ2v) is 6.42. The Kier molecular flexibility index (Phi) is 2.29. The van der Waals surface area contributed by atoms with Crippen LogP contribution in [-0.2, 0) is 0 Å². The molecule has 4 fully saturated rings. The molecule has 4 aliphatic heterocycles. The third kappa shape index (κ3) is 1.32. The molecule has 4 rings (SSSR count). The van der Waals surface area contributed by atoms with Gasteiger partial charge < -0.3 is 0 Å². The minimum Gasteiger partial charge on any atom is -0.298 e. The third-order valence-electron chi connectivity index (χ3n) is 5.68. The second kappa shape index (κ2) is 3.71. The zero-order valence-electron chi connectivity index (χ0n) is 10.3. The maximum absolute atomic E-state index is 2.92. The van der Waals surface area contributed by atoms with Gasteiger partial charge in [-0.2, -0.15) is 0 Å². The zero-order chi connectivity index (χ0) is 10.5. The number of fused-ring (bicyclic) bond motifs is 7. The van der Waals surface area contributed by atoms with Gasteiger partial charge in [-0.3, -0.25) is 9.80 Å². The molecule has 0 amide bonds. The monoisotopic (exact) mass is 220 g/mol. The number of piperidine rings is 3. The van der Waals surface area contributed by atoms with Gasteiger partial charge in [-0.05, 0) is 51.1 Å². The first-order valence-corrected chi connectivity index (χ1v) is 7.43. The molecule has 16 heavy (non-hydrogen) atoms. The van der Waals surface area contributed by atoms with E-state index in [1.54, 1.807) is 0 Å². The van der Waals surface area contributed by atoms with Gasteiger partial charge in [0.2, 0.25) is 0 Å². The second-order valence-electron chi connectivity index (χ2n) is 6.42. The fourth-order valence-electron chi connectivity index (χ4n) is 5.06. The molecule has 0 aromatic carbocycles. The Hall–Kier alpha value is -0.0800. The van der Waals surface area contributed by atoms with Gasteiger partial charge in [0, 0.05) is 24.7 Å². The lowest BCUT2D eigenvalue weighted by atomic mass is 9.85. The molecule has 4 atom stereocenters. The highest BCUT2D eigenvalue weighted by molar-refractivity contribution is 5.06. The Morgan fingerprint density at radius 3 is 2.50 bits per heavy atom. The van der Waals surface area contributed by atoms with E-state index in [2.05, 4.69) is 9.80 Å². The van der Waals surface area contributed by atoms with Crippen LogP contribution in [0, 0.1) is 5.92 Å². The molecule has 0 aliphatic carbocycles. The van der Waals surface area contributed by atoms with Crippen molar-refractivity contribution >= 4 is 0 Å².